The van der Waals surface area contributed by atoms with Gasteiger partial charge in [-0.2, -0.15) is 11.8 Å². The van der Waals surface area contributed by atoms with Gasteiger partial charge < -0.3 is 10.2 Å². The van der Waals surface area contributed by atoms with Gasteiger partial charge in [0.15, 0.2) is 0 Å². The monoisotopic (exact) mass is 214 g/mol. The lowest BCUT2D eigenvalue weighted by atomic mass is 9.93. The van der Waals surface area contributed by atoms with E-state index in [9.17, 15) is 4.79 Å². The van der Waals surface area contributed by atoms with Crippen LogP contribution in [0.5, 0.6) is 0 Å². The van der Waals surface area contributed by atoms with E-state index in [4.69, 9.17) is 0 Å². The van der Waals surface area contributed by atoms with Crippen molar-refractivity contribution in [1.82, 2.24) is 10.2 Å². The summed E-state index contributed by atoms with van der Waals surface area (Å²) in [6, 6.07) is 0.688. The van der Waals surface area contributed by atoms with Crippen LogP contribution in [0, 0.1) is 5.92 Å². The molecule has 0 saturated carbocycles. The maximum atomic E-state index is 11.7. The van der Waals surface area contributed by atoms with E-state index in [2.05, 4.69) is 5.32 Å². The summed E-state index contributed by atoms with van der Waals surface area (Å²) in [5, 5.41) is 3.51. The van der Waals surface area contributed by atoms with Crippen LogP contribution in [0.4, 0.5) is 0 Å². The first-order valence-electron chi connectivity index (χ1n) is 5.31. The molecule has 2 unspecified atom stereocenters. The van der Waals surface area contributed by atoms with E-state index in [1.165, 1.54) is 6.42 Å². The summed E-state index contributed by atoms with van der Waals surface area (Å²) < 4.78 is 0. The lowest BCUT2D eigenvalue weighted by Crippen LogP contribution is -2.47. The number of likely N-dealkylation sites (tertiary alicyclic amines) is 1. The fourth-order valence-corrected chi connectivity index (χ4v) is 2.92. The molecular weight excluding hydrogens is 196 g/mol. The molecule has 3 nitrogen and oxygen atoms in total. The molecule has 2 atom stereocenters. The van der Waals surface area contributed by atoms with Gasteiger partial charge in [-0.1, -0.05) is 0 Å². The fraction of sp³-hybridized carbons (Fsp3) is 0.900. The largest absolute Gasteiger partial charge is 0.342 e. The molecule has 2 fully saturated rings. The number of piperidine rings is 1. The van der Waals surface area contributed by atoms with Crippen LogP contribution in [-0.2, 0) is 4.79 Å². The molecule has 0 spiro atoms. The standard InChI is InChI=1S/C10H18N2OS/c1-14-7-10(13)12-5-3-9-8(6-12)2-4-11-9/h8-9,11H,2-7H2,1H3. The van der Waals surface area contributed by atoms with Crippen molar-refractivity contribution in [3.05, 3.63) is 0 Å². The van der Waals surface area contributed by atoms with Gasteiger partial charge in [0.2, 0.25) is 5.91 Å². The van der Waals surface area contributed by atoms with Gasteiger partial charge in [-0.15, -0.1) is 0 Å². The van der Waals surface area contributed by atoms with Crippen LogP contribution in [0.15, 0.2) is 0 Å². The number of nitrogens with one attached hydrogen (secondary N) is 1. The number of amides is 1. The van der Waals surface area contributed by atoms with Crippen LogP contribution in [0.25, 0.3) is 0 Å². The summed E-state index contributed by atoms with van der Waals surface area (Å²) in [5.41, 5.74) is 0. The van der Waals surface area contributed by atoms with E-state index < -0.39 is 0 Å². The minimum atomic E-state index is 0.322. The Kier molecular flexibility index (Phi) is 3.34. The zero-order chi connectivity index (χ0) is 9.97. The van der Waals surface area contributed by atoms with E-state index in [-0.39, 0.29) is 0 Å². The molecule has 0 aromatic heterocycles. The summed E-state index contributed by atoms with van der Waals surface area (Å²) >= 11 is 1.62. The van der Waals surface area contributed by atoms with Gasteiger partial charge >= 0.3 is 0 Å². The van der Waals surface area contributed by atoms with E-state index in [0.717, 1.165) is 32.0 Å². The number of fused-ring (bicyclic) bond motifs is 1. The van der Waals surface area contributed by atoms with Crippen LogP contribution in [0.1, 0.15) is 12.8 Å². The molecule has 1 amide bonds. The Hall–Kier alpha value is -0.220. The first-order valence-corrected chi connectivity index (χ1v) is 6.70. The zero-order valence-electron chi connectivity index (χ0n) is 8.66. The highest BCUT2D eigenvalue weighted by atomic mass is 32.2. The summed E-state index contributed by atoms with van der Waals surface area (Å²) in [6.45, 7) is 3.07. The highest BCUT2D eigenvalue weighted by molar-refractivity contribution is 7.99. The molecule has 2 rings (SSSR count). The topological polar surface area (TPSA) is 32.3 Å². The van der Waals surface area contributed by atoms with Gasteiger partial charge in [0.1, 0.15) is 0 Å². The average Bonchev–Trinajstić information content (AvgIpc) is 2.64. The number of rotatable bonds is 2. The van der Waals surface area contributed by atoms with Crippen molar-refractivity contribution < 1.29 is 4.79 Å². The van der Waals surface area contributed by atoms with Crippen LogP contribution in [0.2, 0.25) is 0 Å². The van der Waals surface area contributed by atoms with Gasteiger partial charge in [-0.3, -0.25) is 4.79 Å². The van der Waals surface area contributed by atoms with Gasteiger partial charge in [-0.05, 0) is 31.6 Å². The Morgan fingerprint density at radius 2 is 2.43 bits per heavy atom. The summed E-state index contributed by atoms with van der Waals surface area (Å²) in [5.74, 6) is 1.68. The van der Waals surface area contributed by atoms with E-state index >= 15 is 0 Å². The second-order valence-corrected chi connectivity index (χ2v) is 5.04. The molecule has 0 radical (unpaired) electrons. The summed E-state index contributed by atoms with van der Waals surface area (Å²) in [7, 11) is 0. The third kappa shape index (κ3) is 2.06. The molecule has 2 heterocycles. The van der Waals surface area contributed by atoms with Crippen molar-refractivity contribution in [1.29, 1.82) is 0 Å². The maximum absolute atomic E-state index is 11.7. The van der Waals surface area contributed by atoms with Crippen LogP contribution < -0.4 is 5.32 Å². The Morgan fingerprint density at radius 3 is 3.21 bits per heavy atom. The molecule has 2 saturated heterocycles. The van der Waals surface area contributed by atoms with Crippen molar-refractivity contribution in [2.45, 2.75) is 18.9 Å². The Morgan fingerprint density at radius 1 is 1.57 bits per heavy atom. The number of nitrogens with zero attached hydrogens (tertiary/aromatic N) is 1. The Balaban J connectivity index is 1.87. The molecule has 0 bridgehead atoms. The van der Waals surface area contributed by atoms with Crippen molar-refractivity contribution in [2.24, 2.45) is 5.92 Å². The van der Waals surface area contributed by atoms with Crippen molar-refractivity contribution in [3.63, 3.8) is 0 Å². The lowest BCUT2D eigenvalue weighted by molar-refractivity contribution is -0.130. The predicted molar refractivity (Wildman–Crippen MR) is 59.5 cm³/mol. The third-order valence-corrected chi connectivity index (χ3v) is 3.81. The number of carbonyl (C=O) groups is 1. The number of hydrogen-bond acceptors (Lipinski definition) is 3. The normalized spacial score (nSPS) is 31.6. The molecular formula is C10H18N2OS. The van der Waals surface area contributed by atoms with Gasteiger partial charge in [0.25, 0.3) is 0 Å². The van der Waals surface area contributed by atoms with Gasteiger partial charge in [0.05, 0.1) is 5.75 Å². The van der Waals surface area contributed by atoms with Crippen LogP contribution in [0.3, 0.4) is 0 Å². The molecule has 0 aromatic carbocycles. The first-order chi connectivity index (χ1) is 6.81. The van der Waals surface area contributed by atoms with Crippen molar-refractivity contribution in [2.75, 3.05) is 31.6 Å². The molecule has 1 N–H and O–H groups in total. The Bertz CT molecular complexity index is 222. The van der Waals surface area contributed by atoms with E-state index in [1.54, 1.807) is 11.8 Å². The van der Waals surface area contributed by atoms with Gasteiger partial charge in [-0.25, -0.2) is 0 Å². The molecule has 2 aliphatic heterocycles. The smallest absolute Gasteiger partial charge is 0.232 e. The Labute approximate surface area is 89.6 Å². The van der Waals surface area contributed by atoms with Crippen molar-refractivity contribution in [3.8, 4) is 0 Å². The van der Waals surface area contributed by atoms with Crippen LogP contribution in [-0.4, -0.2) is 48.5 Å². The minimum absolute atomic E-state index is 0.322. The molecule has 0 aromatic rings. The lowest BCUT2D eigenvalue weighted by Gasteiger charge is -2.34. The summed E-state index contributed by atoms with van der Waals surface area (Å²) in [6.07, 6.45) is 4.38. The fourth-order valence-electron chi connectivity index (χ4n) is 2.49. The SMILES string of the molecule is CSCC(=O)N1CCC2NCCC2C1. The molecule has 80 valence electrons. The maximum Gasteiger partial charge on any atom is 0.232 e. The quantitative estimate of drug-likeness (QED) is 0.729. The molecule has 4 heteroatoms. The number of thioether (sulfide) groups is 1. The zero-order valence-corrected chi connectivity index (χ0v) is 9.48. The second kappa shape index (κ2) is 4.53. The van der Waals surface area contributed by atoms with E-state index in [1.807, 2.05) is 11.2 Å². The average molecular weight is 214 g/mol. The molecule has 14 heavy (non-hydrogen) atoms. The van der Waals surface area contributed by atoms with Crippen LogP contribution >= 0.6 is 11.8 Å². The third-order valence-electron chi connectivity index (χ3n) is 3.28. The number of carbonyl (C=O) groups excluding carboxylic acids is 1. The highest BCUT2D eigenvalue weighted by Gasteiger charge is 2.33. The highest BCUT2D eigenvalue weighted by Crippen LogP contribution is 2.24. The van der Waals surface area contributed by atoms with E-state index in [0.29, 0.717) is 17.7 Å². The minimum Gasteiger partial charge on any atom is -0.342 e. The van der Waals surface area contributed by atoms with Gasteiger partial charge in [0, 0.05) is 19.1 Å². The van der Waals surface area contributed by atoms with Crippen molar-refractivity contribution >= 4 is 17.7 Å². The predicted octanol–water partition coefficient (Wildman–Crippen LogP) is 0.560. The summed E-state index contributed by atoms with van der Waals surface area (Å²) in [4.78, 5) is 13.7. The first kappa shape index (κ1) is 10.3. The number of hydrogen-bond donors (Lipinski definition) is 1. The second-order valence-electron chi connectivity index (χ2n) is 4.17. The molecule has 0 aliphatic carbocycles. The molecule has 2 aliphatic rings.